The molecule has 0 aliphatic rings. The van der Waals surface area contributed by atoms with Crippen LogP contribution in [0.15, 0.2) is 18.2 Å². The topological polar surface area (TPSA) is 78.4 Å². The van der Waals surface area contributed by atoms with Crippen molar-refractivity contribution in [2.75, 3.05) is 6.54 Å². The van der Waals surface area contributed by atoms with Gasteiger partial charge in [-0.1, -0.05) is 19.1 Å². The molecule has 0 fully saturated rings. The number of para-hydroxylation sites is 1. The zero-order chi connectivity index (χ0) is 14.4. The summed E-state index contributed by atoms with van der Waals surface area (Å²) in [5, 5.41) is 15.1. The molecule has 104 valence electrons. The van der Waals surface area contributed by atoms with Crippen molar-refractivity contribution in [3.8, 4) is 5.75 Å². The predicted octanol–water partition coefficient (Wildman–Crippen LogP) is 1.35. The molecule has 1 rings (SSSR count). The second-order valence-corrected chi connectivity index (χ2v) is 4.46. The van der Waals surface area contributed by atoms with Crippen LogP contribution in [0, 0.1) is 6.92 Å². The van der Waals surface area contributed by atoms with E-state index in [2.05, 4.69) is 10.6 Å². The van der Waals surface area contributed by atoms with Crippen LogP contribution in [0.4, 0.5) is 0 Å². The molecule has 1 atom stereocenters. The Morgan fingerprint density at radius 1 is 1.37 bits per heavy atom. The molecule has 0 radical (unpaired) electrons. The third-order valence-corrected chi connectivity index (χ3v) is 2.77. The fourth-order valence-electron chi connectivity index (χ4n) is 1.58. The lowest BCUT2D eigenvalue weighted by atomic mass is 10.1. The molecule has 0 aliphatic carbocycles. The van der Waals surface area contributed by atoms with Gasteiger partial charge in [-0.3, -0.25) is 9.59 Å². The Morgan fingerprint density at radius 2 is 2.05 bits per heavy atom. The van der Waals surface area contributed by atoms with Crippen LogP contribution in [-0.4, -0.2) is 29.5 Å². The molecule has 1 aromatic carbocycles. The van der Waals surface area contributed by atoms with Crippen LogP contribution in [0.5, 0.6) is 5.75 Å². The molecule has 0 bridgehead atoms. The summed E-state index contributed by atoms with van der Waals surface area (Å²) in [7, 11) is 0. The smallest absolute Gasteiger partial charge is 0.255 e. The van der Waals surface area contributed by atoms with Gasteiger partial charge in [0.25, 0.3) is 5.91 Å². The number of aryl methyl sites for hydroxylation is 1. The number of hydrogen-bond acceptors (Lipinski definition) is 3. The van der Waals surface area contributed by atoms with Gasteiger partial charge < -0.3 is 15.7 Å². The third-order valence-electron chi connectivity index (χ3n) is 2.77. The van der Waals surface area contributed by atoms with Crippen molar-refractivity contribution in [3.63, 3.8) is 0 Å². The molecule has 19 heavy (non-hydrogen) atoms. The second-order valence-electron chi connectivity index (χ2n) is 4.46. The van der Waals surface area contributed by atoms with Gasteiger partial charge >= 0.3 is 0 Å². The minimum absolute atomic E-state index is 0.0545. The fraction of sp³-hybridized carbons (Fsp3) is 0.429. The monoisotopic (exact) mass is 264 g/mol. The molecule has 0 spiro atoms. The summed E-state index contributed by atoms with van der Waals surface area (Å²) in [4.78, 5) is 23.6. The van der Waals surface area contributed by atoms with E-state index < -0.39 is 11.9 Å². The Balaban J connectivity index is 2.69. The highest BCUT2D eigenvalue weighted by Crippen LogP contribution is 2.21. The summed E-state index contributed by atoms with van der Waals surface area (Å²) >= 11 is 0. The van der Waals surface area contributed by atoms with Crippen molar-refractivity contribution < 1.29 is 14.7 Å². The summed E-state index contributed by atoms with van der Waals surface area (Å²) in [5.41, 5.74) is 0.797. The lowest BCUT2D eigenvalue weighted by molar-refractivity contribution is -0.122. The van der Waals surface area contributed by atoms with E-state index in [9.17, 15) is 14.7 Å². The van der Waals surface area contributed by atoms with Crippen molar-refractivity contribution in [2.24, 2.45) is 0 Å². The first-order chi connectivity index (χ1) is 8.97. The van der Waals surface area contributed by atoms with Crippen LogP contribution >= 0.6 is 0 Å². The normalized spacial score (nSPS) is 11.7. The van der Waals surface area contributed by atoms with Crippen molar-refractivity contribution in [3.05, 3.63) is 29.3 Å². The molecule has 0 saturated carbocycles. The van der Waals surface area contributed by atoms with Gasteiger partial charge in [-0.25, -0.2) is 0 Å². The van der Waals surface area contributed by atoms with Crippen molar-refractivity contribution in [1.29, 1.82) is 0 Å². The van der Waals surface area contributed by atoms with E-state index in [1.807, 2.05) is 6.92 Å². The van der Waals surface area contributed by atoms with Gasteiger partial charge in [-0.05, 0) is 31.9 Å². The molecule has 0 aromatic heterocycles. The molecule has 0 aliphatic heterocycles. The molecular weight excluding hydrogens is 244 g/mol. The highest BCUT2D eigenvalue weighted by atomic mass is 16.3. The number of carbonyl (C=O) groups excluding carboxylic acids is 2. The maximum Gasteiger partial charge on any atom is 0.255 e. The number of hydrogen-bond donors (Lipinski definition) is 3. The number of amides is 2. The predicted molar refractivity (Wildman–Crippen MR) is 73.1 cm³/mol. The first-order valence-electron chi connectivity index (χ1n) is 6.34. The van der Waals surface area contributed by atoms with Crippen molar-refractivity contribution in [1.82, 2.24) is 10.6 Å². The SMILES string of the molecule is CCCNC(=O)C(C)NC(=O)c1cccc(C)c1O. The van der Waals surface area contributed by atoms with Crippen LogP contribution < -0.4 is 10.6 Å². The minimum atomic E-state index is -0.640. The first kappa shape index (κ1) is 15.0. The molecule has 0 heterocycles. The van der Waals surface area contributed by atoms with Gasteiger partial charge in [0.15, 0.2) is 0 Å². The van der Waals surface area contributed by atoms with Crippen LogP contribution in [0.1, 0.15) is 36.2 Å². The van der Waals surface area contributed by atoms with Gasteiger partial charge in [0.1, 0.15) is 11.8 Å². The second kappa shape index (κ2) is 6.78. The summed E-state index contributed by atoms with van der Waals surface area (Å²) in [6.07, 6.45) is 0.838. The number of aromatic hydroxyl groups is 1. The highest BCUT2D eigenvalue weighted by molar-refractivity contribution is 5.99. The number of phenolic OH excluding ortho intramolecular Hbond substituents is 1. The third kappa shape index (κ3) is 3.98. The number of rotatable bonds is 5. The first-order valence-corrected chi connectivity index (χ1v) is 6.34. The number of benzene rings is 1. The quantitative estimate of drug-likeness (QED) is 0.751. The average molecular weight is 264 g/mol. The van der Waals surface area contributed by atoms with E-state index in [0.29, 0.717) is 12.1 Å². The van der Waals surface area contributed by atoms with Crippen molar-refractivity contribution in [2.45, 2.75) is 33.2 Å². The Hall–Kier alpha value is -2.04. The molecule has 5 heteroatoms. The highest BCUT2D eigenvalue weighted by Gasteiger charge is 2.18. The molecule has 0 saturated heterocycles. The minimum Gasteiger partial charge on any atom is -0.507 e. The van der Waals surface area contributed by atoms with Crippen LogP contribution in [-0.2, 0) is 4.79 Å². The Labute approximate surface area is 113 Å². The van der Waals surface area contributed by atoms with Gasteiger partial charge in [0.2, 0.25) is 5.91 Å². The summed E-state index contributed by atoms with van der Waals surface area (Å²) in [6.45, 7) is 5.85. The summed E-state index contributed by atoms with van der Waals surface area (Å²) < 4.78 is 0. The summed E-state index contributed by atoms with van der Waals surface area (Å²) in [5.74, 6) is -0.746. The Bertz CT molecular complexity index is 472. The van der Waals surface area contributed by atoms with E-state index in [4.69, 9.17) is 0 Å². The zero-order valence-corrected chi connectivity index (χ0v) is 11.5. The number of carbonyl (C=O) groups is 2. The number of nitrogens with one attached hydrogen (secondary N) is 2. The lowest BCUT2D eigenvalue weighted by Crippen LogP contribution is -2.45. The molecule has 1 aromatic rings. The molecule has 3 N–H and O–H groups in total. The molecule has 1 unspecified atom stereocenters. The average Bonchev–Trinajstić information content (AvgIpc) is 2.38. The molecule has 5 nitrogen and oxygen atoms in total. The van der Waals surface area contributed by atoms with Crippen molar-refractivity contribution >= 4 is 11.8 Å². The van der Waals surface area contributed by atoms with E-state index >= 15 is 0 Å². The van der Waals surface area contributed by atoms with E-state index in [-0.39, 0.29) is 17.2 Å². The molecular formula is C14H20N2O3. The largest absolute Gasteiger partial charge is 0.507 e. The van der Waals surface area contributed by atoms with E-state index in [0.717, 1.165) is 6.42 Å². The Morgan fingerprint density at radius 3 is 2.68 bits per heavy atom. The van der Waals surface area contributed by atoms with Crippen LogP contribution in [0.2, 0.25) is 0 Å². The van der Waals surface area contributed by atoms with Gasteiger partial charge in [0.05, 0.1) is 5.56 Å². The maximum absolute atomic E-state index is 12.0. The van der Waals surface area contributed by atoms with Gasteiger partial charge in [0, 0.05) is 6.54 Å². The zero-order valence-electron chi connectivity index (χ0n) is 11.5. The van der Waals surface area contributed by atoms with Crippen LogP contribution in [0.3, 0.4) is 0 Å². The van der Waals surface area contributed by atoms with Gasteiger partial charge in [-0.2, -0.15) is 0 Å². The Kier molecular flexibility index (Phi) is 5.36. The number of phenols is 1. The van der Waals surface area contributed by atoms with E-state index in [1.54, 1.807) is 26.0 Å². The standard InChI is InChI=1S/C14H20N2O3/c1-4-8-15-13(18)10(3)16-14(19)11-7-5-6-9(2)12(11)17/h5-7,10,17H,4,8H2,1-3H3,(H,15,18)(H,16,19). The van der Waals surface area contributed by atoms with E-state index in [1.165, 1.54) is 6.07 Å². The summed E-state index contributed by atoms with van der Waals surface area (Å²) in [6, 6.07) is 4.28. The maximum atomic E-state index is 12.0. The van der Waals surface area contributed by atoms with Gasteiger partial charge in [-0.15, -0.1) is 0 Å². The lowest BCUT2D eigenvalue weighted by Gasteiger charge is -2.14. The fourth-order valence-corrected chi connectivity index (χ4v) is 1.58. The molecule has 2 amide bonds. The van der Waals surface area contributed by atoms with Crippen LogP contribution in [0.25, 0.3) is 0 Å².